The third-order valence-electron chi connectivity index (χ3n) is 6.07. The van der Waals surface area contributed by atoms with Gasteiger partial charge in [0.25, 0.3) is 0 Å². The van der Waals surface area contributed by atoms with Crippen LogP contribution in [-0.2, 0) is 6.54 Å². The minimum Gasteiger partial charge on any atom is -0.331 e. The summed E-state index contributed by atoms with van der Waals surface area (Å²) < 4.78 is 0. The normalized spacial score (nSPS) is 32.8. The second-order valence-corrected chi connectivity index (χ2v) is 7.39. The van der Waals surface area contributed by atoms with E-state index in [1.165, 1.54) is 70.8 Å². The zero-order valence-corrected chi connectivity index (χ0v) is 14.5. The van der Waals surface area contributed by atoms with Crippen LogP contribution in [-0.4, -0.2) is 51.9 Å². The number of likely N-dealkylation sites (tertiary alicyclic amines) is 1. The van der Waals surface area contributed by atoms with Crippen LogP contribution in [0.4, 0.5) is 0 Å². The highest BCUT2D eigenvalue weighted by Crippen LogP contribution is 2.05. The molecule has 2 aliphatic rings. The smallest absolute Gasteiger partial charge is 0.127 e. The van der Waals surface area contributed by atoms with Crippen LogP contribution in [0.5, 0.6) is 0 Å². The molecule has 3 N–H and O–H groups in total. The first-order valence-corrected chi connectivity index (χ1v) is 9.32. The van der Waals surface area contributed by atoms with Gasteiger partial charge in [-0.25, -0.2) is 0 Å². The fourth-order valence-electron chi connectivity index (χ4n) is 4.38. The Morgan fingerprint density at radius 1 is 0.909 bits per heavy atom. The fraction of sp³-hybridized carbons (Fsp3) is 0.684. The minimum absolute atomic E-state index is 0.944. The van der Waals surface area contributed by atoms with E-state index in [-0.39, 0.29) is 0 Å². The van der Waals surface area contributed by atoms with E-state index in [9.17, 15) is 0 Å². The van der Waals surface area contributed by atoms with Gasteiger partial charge >= 0.3 is 0 Å². The van der Waals surface area contributed by atoms with E-state index in [1.807, 2.05) is 9.80 Å². The topological polar surface area (TPSA) is 13.3 Å². The highest BCUT2D eigenvalue weighted by atomic mass is 15.3. The SMILES string of the molecule is CC[NH+]1CC[NH+](C2CC[NH+](Cc3ccccc3C)CC2)CC1. The molecule has 2 fully saturated rings. The molecule has 0 aromatic heterocycles. The average Bonchev–Trinajstić information content (AvgIpc) is 2.58. The second kappa shape index (κ2) is 7.58. The van der Waals surface area contributed by atoms with Gasteiger partial charge in [0.1, 0.15) is 32.7 Å². The molecule has 2 aliphatic heterocycles. The van der Waals surface area contributed by atoms with E-state index in [4.69, 9.17) is 0 Å². The summed E-state index contributed by atoms with van der Waals surface area (Å²) in [5.74, 6) is 0. The monoisotopic (exact) mass is 304 g/mol. The first-order valence-electron chi connectivity index (χ1n) is 9.32. The summed E-state index contributed by atoms with van der Waals surface area (Å²) >= 11 is 0. The van der Waals surface area contributed by atoms with Gasteiger partial charge in [-0.1, -0.05) is 24.3 Å². The molecular weight excluding hydrogens is 270 g/mol. The van der Waals surface area contributed by atoms with Gasteiger partial charge in [0.2, 0.25) is 0 Å². The maximum Gasteiger partial charge on any atom is 0.127 e. The lowest BCUT2D eigenvalue weighted by Gasteiger charge is -2.37. The van der Waals surface area contributed by atoms with E-state index < -0.39 is 0 Å². The van der Waals surface area contributed by atoms with Crippen molar-refractivity contribution in [1.82, 2.24) is 0 Å². The van der Waals surface area contributed by atoms with Crippen molar-refractivity contribution in [3.8, 4) is 0 Å². The molecule has 0 bridgehead atoms. The number of nitrogens with one attached hydrogen (secondary N) is 3. The molecule has 3 nitrogen and oxygen atoms in total. The van der Waals surface area contributed by atoms with Crippen molar-refractivity contribution in [3.05, 3.63) is 35.4 Å². The molecule has 0 spiro atoms. The molecule has 122 valence electrons. The highest BCUT2D eigenvalue weighted by Gasteiger charge is 2.33. The van der Waals surface area contributed by atoms with Crippen molar-refractivity contribution < 1.29 is 14.7 Å². The molecule has 1 aromatic rings. The molecule has 1 aromatic carbocycles. The van der Waals surface area contributed by atoms with Gasteiger partial charge < -0.3 is 14.7 Å². The predicted octanol–water partition coefficient (Wildman–Crippen LogP) is -1.65. The molecule has 3 heteroatoms. The molecule has 0 radical (unpaired) electrons. The Morgan fingerprint density at radius 3 is 2.23 bits per heavy atom. The molecule has 2 saturated heterocycles. The Labute approximate surface area is 135 Å². The fourth-order valence-corrected chi connectivity index (χ4v) is 4.38. The van der Waals surface area contributed by atoms with Crippen LogP contribution in [0.15, 0.2) is 24.3 Å². The molecule has 0 amide bonds. The van der Waals surface area contributed by atoms with Crippen LogP contribution in [0.1, 0.15) is 30.9 Å². The molecule has 2 heterocycles. The standard InChI is InChI=1S/C19H31N3/c1-3-20-12-14-22(15-13-20)19-8-10-21(11-9-19)16-18-7-5-4-6-17(18)2/h4-7,19H,3,8-16H2,1-2H3/p+3. The Morgan fingerprint density at radius 2 is 1.59 bits per heavy atom. The molecular formula is C19H34N3+3. The summed E-state index contributed by atoms with van der Waals surface area (Å²) in [5, 5.41) is 0. The number of likely N-dealkylation sites (N-methyl/N-ethyl adjacent to an activating group) is 1. The quantitative estimate of drug-likeness (QED) is 0.590. The molecule has 3 rings (SSSR count). The number of aryl methyl sites for hydroxylation is 1. The molecule has 0 atom stereocenters. The van der Waals surface area contributed by atoms with Crippen molar-refractivity contribution in [3.63, 3.8) is 0 Å². The van der Waals surface area contributed by atoms with Gasteiger partial charge in [-0.15, -0.1) is 0 Å². The van der Waals surface area contributed by atoms with Gasteiger partial charge in [0.05, 0.1) is 25.7 Å². The Kier molecular flexibility index (Phi) is 5.51. The third-order valence-corrected chi connectivity index (χ3v) is 6.07. The number of hydrogen-bond acceptors (Lipinski definition) is 0. The maximum atomic E-state index is 2.33. The van der Waals surface area contributed by atoms with Gasteiger partial charge in [0.15, 0.2) is 0 Å². The van der Waals surface area contributed by atoms with Gasteiger partial charge in [0, 0.05) is 18.4 Å². The lowest BCUT2D eigenvalue weighted by atomic mass is 10.0. The lowest BCUT2D eigenvalue weighted by Crippen LogP contribution is -3.30. The summed E-state index contributed by atoms with van der Waals surface area (Å²) in [6.07, 6.45) is 2.86. The van der Waals surface area contributed by atoms with Gasteiger partial charge in [-0.3, -0.25) is 0 Å². The van der Waals surface area contributed by atoms with Crippen LogP contribution in [0, 0.1) is 6.92 Å². The summed E-state index contributed by atoms with van der Waals surface area (Å²) in [6, 6.07) is 9.85. The summed E-state index contributed by atoms with van der Waals surface area (Å²) in [7, 11) is 0. The predicted molar refractivity (Wildman–Crippen MR) is 90.5 cm³/mol. The van der Waals surface area contributed by atoms with Crippen molar-refractivity contribution in [2.75, 3.05) is 45.8 Å². The van der Waals surface area contributed by atoms with Crippen molar-refractivity contribution in [2.24, 2.45) is 0 Å². The summed E-state index contributed by atoms with van der Waals surface area (Å²) in [4.78, 5) is 5.52. The maximum absolute atomic E-state index is 2.33. The minimum atomic E-state index is 0.944. The largest absolute Gasteiger partial charge is 0.331 e. The number of quaternary nitrogens is 3. The van der Waals surface area contributed by atoms with E-state index in [0.29, 0.717) is 0 Å². The molecule has 0 aliphatic carbocycles. The van der Waals surface area contributed by atoms with Gasteiger partial charge in [-0.2, -0.15) is 0 Å². The Hall–Kier alpha value is -0.900. The van der Waals surface area contributed by atoms with Crippen molar-refractivity contribution >= 4 is 0 Å². The molecule has 0 unspecified atom stereocenters. The number of rotatable bonds is 4. The Bertz CT molecular complexity index is 458. The zero-order valence-electron chi connectivity index (χ0n) is 14.5. The lowest BCUT2D eigenvalue weighted by molar-refractivity contribution is -1.03. The number of piperazine rings is 1. The summed E-state index contributed by atoms with van der Waals surface area (Å²) in [6.45, 7) is 15.4. The van der Waals surface area contributed by atoms with Gasteiger partial charge in [-0.05, 0) is 19.4 Å². The first kappa shape index (κ1) is 16.0. The van der Waals surface area contributed by atoms with E-state index in [0.717, 1.165) is 6.04 Å². The molecule has 0 saturated carbocycles. The van der Waals surface area contributed by atoms with Crippen LogP contribution in [0.3, 0.4) is 0 Å². The van der Waals surface area contributed by atoms with E-state index in [1.54, 1.807) is 10.5 Å². The van der Waals surface area contributed by atoms with Crippen LogP contribution in [0.2, 0.25) is 0 Å². The zero-order chi connectivity index (χ0) is 15.4. The van der Waals surface area contributed by atoms with Crippen LogP contribution >= 0.6 is 0 Å². The molecule has 22 heavy (non-hydrogen) atoms. The number of benzene rings is 1. The number of hydrogen-bond donors (Lipinski definition) is 3. The van der Waals surface area contributed by atoms with Crippen LogP contribution in [0.25, 0.3) is 0 Å². The van der Waals surface area contributed by atoms with Crippen LogP contribution < -0.4 is 14.7 Å². The van der Waals surface area contributed by atoms with E-state index >= 15 is 0 Å². The third kappa shape index (κ3) is 3.89. The second-order valence-electron chi connectivity index (χ2n) is 7.39. The average molecular weight is 305 g/mol. The number of piperidine rings is 1. The first-order chi connectivity index (χ1) is 10.8. The summed E-state index contributed by atoms with van der Waals surface area (Å²) in [5.41, 5.74) is 3.00. The van der Waals surface area contributed by atoms with Crippen molar-refractivity contribution in [1.29, 1.82) is 0 Å². The van der Waals surface area contributed by atoms with Crippen molar-refractivity contribution in [2.45, 2.75) is 39.3 Å². The highest BCUT2D eigenvalue weighted by molar-refractivity contribution is 5.24. The Balaban J connectivity index is 1.46. The van der Waals surface area contributed by atoms with E-state index in [2.05, 4.69) is 38.1 Å².